The summed E-state index contributed by atoms with van der Waals surface area (Å²) in [6.07, 6.45) is 16.9. The molecule has 1 aliphatic heterocycles. The number of pyridine rings is 1. The first-order valence-corrected chi connectivity index (χ1v) is 11.7. The minimum Gasteiger partial charge on any atom is -0.280 e. The van der Waals surface area contributed by atoms with Gasteiger partial charge in [-0.25, -0.2) is 4.68 Å². The Labute approximate surface area is 167 Å². The maximum absolute atomic E-state index is 13.8. The lowest BCUT2D eigenvalue weighted by Gasteiger charge is -2.34. The van der Waals surface area contributed by atoms with Crippen LogP contribution in [0.3, 0.4) is 0 Å². The topological polar surface area (TPSA) is 43.1 Å². The zero-order chi connectivity index (χ0) is 19.1. The molecule has 0 N–H and O–H groups in total. The summed E-state index contributed by atoms with van der Waals surface area (Å²) < 4.78 is 4.24. The molecule has 0 amide bonds. The van der Waals surface area contributed by atoms with Gasteiger partial charge in [-0.05, 0) is 63.9 Å². The summed E-state index contributed by atoms with van der Waals surface area (Å²) >= 11 is 0. The monoisotopic (exact) mass is 382 g/mol. The van der Waals surface area contributed by atoms with Gasteiger partial charge in [0.15, 0.2) is 0 Å². The molecule has 2 aromatic heterocycles. The fraction of sp³-hybridized carbons (Fsp3) is 0.739. The lowest BCUT2D eigenvalue weighted by Crippen LogP contribution is -2.42. The number of hydrogen-bond donors (Lipinski definition) is 0. The van der Waals surface area contributed by atoms with E-state index in [1.54, 1.807) is 0 Å². The number of hydrogen-bond acceptors (Lipinski definition) is 3. The van der Waals surface area contributed by atoms with E-state index in [9.17, 15) is 4.79 Å². The molecule has 0 radical (unpaired) electrons. The van der Waals surface area contributed by atoms with E-state index in [1.807, 2.05) is 6.20 Å². The molecule has 152 valence electrons. The van der Waals surface area contributed by atoms with E-state index in [2.05, 4.69) is 26.2 Å². The predicted molar refractivity (Wildman–Crippen MR) is 113 cm³/mol. The van der Waals surface area contributed by atoms with Crippen LogP contribution >= 0.6 is 0 Å². The Morgan fingerprint density at radius 2 is 1.71 bits per heavy atom. The maximum atomic E-state index is 13.8. The van der Waals surface area contributed by atoms with Gasteiger partial charge in [-0.1, -0.05) is 25.7 Å². The lowest BCUT2D eigenvalue weighted by atomic mass is 9.91. The second-order valence-corrected chi connectivity index (χ2v) is 9.04. The molecule has 2 aromatic rings. The van der Waals surface area contributed by atoms with E-state index in [0.29, 0.717) is 6.04 Å². The first-order chi connectivity index (χ1) is 13.8. The van der Waals surface area contributed by atoms with Crippen LogP contribution in [0, 0.1) is 0 Å². The summed E-state index contributed by atoms with van der Waals surface area (Å²) in [5.41, 5.74) is 3.74. The van der Waals surface area contributed by atoms with Crippen molar-refractivity contribution in [3.8, 4) is 0 Å². The lowest BCUT2D eigenvalue weighted by molar-refractivity contribution is 0.119. The molecule has 1 atom stereocenters. The molecule has 5 rings (SSSR count). The van der Waals surface area contributed by atoms with Crippen LogP contribution in [-0.4, -0.2) is 31.8 Å². The van der Waals surface area contributed by atoms with Crippen LogP contribution in [0.5, 0.6) is 0 Å². The Hall–Kier alpha value is -1.62. The largest absolute Gasteiger partial charge is 0.280 e. The molecule has 3 aliphatic rings. The van der Waals surface area contributed by atoms with Gasteiger partial charge in [0.05, 0.1) is 12.4 Å². The molecule has 3 heterocycles. The number of aryl methyl sites for hydroxylation is 2. The molecule has 0 aromatic carbocycles. The quantitative estimate of drug-likeness (QED) is 0.738. The molecule has 0 spiro atoms. The second-order valence-electron chi connectivity index (χ2n) is 9.04. The minimum atomic E-state index is 0.215. The van der Waals surface area contributed by atoms with Crippen LogP contribution in [-0.2, 0) is 19.4 Å². The fourth-order valence-corrected chi connectivity index (χ4v) is 6.10. The van der Waals surface area contributed by atoms with E-state index < -0.39 is 0 Å². The smallest absolute Gasteiger partial charge is 0.257 e. The van der Waals surface area contributed by atoms with Crippen LogP contribution in [0.1, 0.15) is 88.4 Å². The number of nitrogens with zero attached hydrogens (tertiary/aromatic N) is 4. The number of likely N-dealkylation sites (tertiary alicyclic amines) is 1. The average Bonchev–Trinajstić information content (AvgIpc) is 3.29. The van der Waals surface area contributed by atoms with Crippen molar-refractivity contribution < 1.29 is 0 Å². The van der Waals surface area contributed by atoms with Crippen LogP contribution in [0.15, 0.2) is 11.0 Å². The highest BCUT2D eigenvalue weighted by atomic mass is 16.1. The van der Waals surface area contributed by atoms with Gasteiger partial charge in [-0.15, -0.1) is 0 Å². The van der Waals surface area contributed by atoms with E-state index in [-0.39, 0.29) is 11.7 Å². The molecule has 1 saturated heterocycles. The molecule has 1 saturated carbocycles. The van der Waals surface area contributed by atoms with Crippen molar-refractivity contribution in [1.82, 2.24) is 19.2 Å². The zero-order valence-electron chi connectivity index (χ0n) is 17.3. The van der Waals surface area contributed by atoms with Gasteiger partial charge >= 0.3 is 0 Å². The molecule has 5 nitrogen and oxygen atoms in total. The van der Waals surface area contributed by atoms with E-state index in [0.717, 1.165) is 50.0 Å². The molecule has 2 aliphatic carbocycles. The van der Waals surface area contributed by atoms with Gasteiger partial charge in [0.25, 0.3) is 5.56 Å². The highest BCUT2D eigenvalue weighted by molar-refractivity contribution is 5.81. The van der Waals surface area contributed by atoms with Gasteiger partial charge in [-0.2, -0.15) is 5.10 Å². The summed E-state index contributed by atoms with van der Waals surface area (Å²) in [5, 5.41) is 5.93. The molecule has 2 fully saturated rings. The van der Waals surface area contributed by atoms with E-state index in [4.69, 9.17) is 0 Å². The molecule has 28 heavy (non-hydrogen) atoms. The summed E-state index contributed by atoms with van der Waals surface area (Å²) in [4.78, 5) is 16.5. The minimum absolute atomic E-state index is 0.215. The van der Waals surface area contributed by atoms with Crippen molar-refractivity contribution in [2.75, 3.05) is 6.54 Å². The summed E-state index contributed by atoms with van der Waals surface area (Å²) in [7, 11) is 0. The summed E-state index contributed by atoms with van der Waals surface area (Å²) in [6, 6.07) is 0.644. The standard InChI is InChI=1S/C23H34N4O/c1-2-26-22-20(16-24-26)18-12-7-8-13-19(18)23(28)27(22)21-14-9-15-25(21)17-10-5-3-4-6-11-17/h16-17,21H,2-15H2,1H3. The van der Waals surface area contributed by atoms with E-state index >= 15 is 0 Å². The third-order valence-corrected chi connectivity index (χ3v) is 7.46. The number of aromatic nitrogens is 3. The molecule has 1 unspecified atom stereocenters. The highest BCUT2D eigenvalue weighted by Gasteiger charge is 2.35. The number of fused-ring (bicyclic) bond motifs is 3. The average molecular weight is 383 g/mol. The maximum Gasteiger partial charge on any atom is 0.257 e. The summed E-state index contributed by atoms with van der Waals surface area (Å²) in [6.45, 7) is 4.09. The van der Waals surface area contributed by atoms with Crippen LogP contribution < -0.4 is 5.56 Å². The predicted octanol–water partition coefficient (Wildman–Crippen LogP) is 4.41. The molecular formula is C23H34N4O. The van der Waals surface area contributed by atoms with Gasteiger partial charge in [-0.3, -0.25) is 14.3 Å². The van der Waals surface area contributed by atoms with Gasteiger partial charge < -0.3 is 0 Å². The van der Waals surface area contributed by atoms with Crippen molar-refractivity contribution in [2.24, 2.45) is 0 Å². The van der Waals surface area contributed by atoms with Crippen LogP contribution in [0.25, 0.3) is 11.0 Å². The summed E-state index contributed by atoms with van der Waals surface area (Å²) in [5.74, 6) is 0. The van der Waals surface area contributed by atoms with Crippen LogP contribution in [0.4, 0.5) is 0 Å². The van der Waals surface area contributed by atoms with Crippen molar-refractivity contribution in [1.29, 1.82) is 0 Å². The van der Waals surface area contributed by atoms with Crippen LogP contribution in [0.2, 0.25) is 0 Å². The molecule has 0 bridgehead atoms. The Balaban J connectivity index is 1.66. The van der Waals surface area contributed by atoms with Crippen molar-refractivity contribution >= 4 is 11.0 Å². The van der Waals surface area contributed by atoms with Crippen molar-refractivity contribution in [3.05, 3.63) is 27.7 Å². The SMILES string of the molecule is CCn1ncc2c3c(c(=O)n(C4CCCN4C4CCCCCC4)c21)CCCC3. The normalized spacial score (nSPS) is 24.5. The fourth-order valence-electron chi connectivity index (χ4n) is 6.10. The van der Waals surface area contributed by atoms with Crippen molar-refractivity contribution in [2.45, 2.75) is 103 Å². The van der Waals surface area contributed by atoms with E-state index in [1.165, 1.54) is 62.3 Å². The van der Waals surface area contributed by atoms with Gasteiger partial charge in [0.2, 0.25) is 0 Å². The molecular weight excluding hydrogens is 348 g/mol. The Morgan fingerprint density at radius 3 is 2.46 bits per heavy atom. The third kappa shape index (κ3) is 2.94. The number of rotatable bonds is 3. The third-order valence-electron chi connectivity index (χ3n) is 7.46. The highest BCUT2D eigenvalue weighted by Crippen LogP contribution is 2.36. The second kappa shape index (κ2) is 7.66. The first-order valence-electron chi connectivity index (χ1n) is 11.7. The Kier molecular flexibility index (Phi) is 5.04. The zero-order valence-corrected chi connectivity index (χ0v) is 17.3. The first kappa shape index (κ1) is 18.4. The Bertz CT molecular complexity index is 903. The van der Waals surface area contributed by atoms with Crippen molar-refractivity contribution in [3.63, 3.8) is 0 Å². The molecule has 5 heteroatoms. The Morgan fingerprint density at radius 1 is 0.964 bits per heavy atom. The van der Waals surface area contributed by atoms with Gasteiger partial charge in [0.1, 0.15) is 5.65 Å². The van der Waals surface area contributed by atoms with Gasteiger partial charge in [0, 0.05) is 30.1 Å².